The molecule has 1 aromatic rings. The number of benzene rings is 1. The quantitative estimate of drug-likeness (QED) is 0.885. The Balaban J connectivity index is 2.05. The van der Waals surface area contributed by atoms with Gasteiger partial charge in [-0.15, -0.1) is 0 Å². The zero-order valence-electron chi connectivity index (χ0n) is 10.3. The molecular weight excluding hydrogens is 232 g/mol. The van der Waals surface area contributed by atoms with Crippen LogP contribution in [0.4, 0.5) is 0 Å². The van der Waals surface area contributed by atoms with Crippen LogP contribution in [-0.4, -0.2) is 36.6 Å². The highest BCUT2D eigenvalue weighted by atomic mass is 32.2. The summed E-state index contributed by atoms with van der Waals surface area (Å²) in [6, 6.07) is 6.35. The van der Waals surface area contributed by atoms with Gasteiger partial charge in [-0.3, -0.25) is 4.90 Å². The summed E-state index contributed by atoms with van der Waals surface area (Å²) in [5.41, 5.74) is 8.05. The third-order valence-corrected chi connectivity index (χ3v) is 4.02. The van der Waals surface area contributed by atoms with Gasteiger partial charge < -0.3 is 10.5 Å². The molecule has 17 heavy (non-hydrogen) atoms. The van der Waals surface area contributed by atoms with E-state index < -0.39 is 0 Å². The van der Waals surface area contributed by atoms with Crippen LogP contribution in [0.2, 0.25) is 0 Å². The Morgan fingerprint density at radius 2 is 2.12 bits per heavy atom. The Morgan fingerprint density at radius 1 is 1.35 bits per heavy atom. The fourth-order valence-electron chi connectivity index (χ4n) is 2.07. The molecule has 0 bridgehead atoms. The van der Waals surface area contributed by atoms with Gasteiger partial charge in [0.05, 0.1) is 7.11 Å². The molecule has 0 saturated carbocycles. The minimum Gasteiger partial charge on any atom is -0.496 e. The molecule has 0 amide bonds. The summed E-state index contributed by atoms with van der Waals surface area (Å²) >= 11 is 2.04. The van der Waals surface area contributed by atoms with Crippen molar-refractivity contribution >= 4 is 11.8 Å². The topological polar surface area (TPSA) is 38.5 Å². The number of hydrogen-bond acceptors (Lipinski definition) is 4. The summed E-state index contributed by atoms with van der Waals surface area (Å²) in [7, 11) is 1.70. The minimum atomic E-state index is 0.532. The van der Waals surface area contributed by atoms with E-state index in [0.29, 0.717) is 6.54 Å². The first-order chi connectivity index (χ1) is 8.33. The van der Waals surface area contributed by atoms with Crippen molar-refractivity contribution in [2.45, 2.75) is 13.1 Å². The maximum Gasteiger partial charge on any atom is 0.123 e. The van der Waals surface area contributed by atoms with Gasteiger partial charge in [0.15, 0.2) is 0 Å². The van der Waals surface area contributed by atoms with Crippen molar-refractivity contribution in [3.05, 3.63) is 29.3 Å². The molecule has 0 unspecified atom stereocenters. The van der Waals surface area contributed by atoms with Gasteiger partial charge in [-0.1, -0.05) is 12.1 Å². The van der Waals surface area contributed by atoms with E-state index in [2.05, 4.69) is 23.1 Å². The number of methoxy groups -OCH3 is 1. The summed E-state index contributed by atoms with van der Waals surface area (Å²) < 4.78 is 5.36. The molecule has 0 atom stereocenters. The second-order valence-corrected chi connectivity index (χ2v) is 5.46. The molecule has 3 nitrogen and oxygen atoms in total. The molecule has 1 fully saturated rings. The second-order valence-electron chi connectivity index (χ2n) is 4.24. The number of rotatable bonds is 4. The Bertz CT molecular complexity index is 364. The Labute approximate surface area is 107 Å². The van der Waals surface area contributed by atoms with E-state index in [4.69, 9.17) is 10.5 Å². The fraction of sp³-hybridized carbons (Fsp3) is 0.538. The fourth-order valence-corrected chi connectivity index (χ4v) is 3.05. The summed E-state index contributed by atoms with van der Waals surface area (Å²) in [6.45, 7) is 3.92. The second kappa shape index (κ2) is 6.28. The number of nitrogens with two attached hydrogens (primary N) is 1. The number of ether oxygens (including phenoxy) is 1. The monoisotopic (exact) mass is 252 g/mol. The highest BCUT2D eigenvalue weighted by Gasteiger charge is 2.11. The molecule has 94 valence electrons. The molecule has 0 aromatic heterocycles. The molecule has 4 heteroatoms. The van der Waals surface area contributed by atoms with E-state index >= 15 is 0 Å². The molecule has 0 aliphatic carbocycles. The summed E-state index contributed by atoms with van der Waals surface area (Å²) in [6.07, 6.45) is 0. The van der Waals surface area contributed by atoms with Gasteiger partial charge in [-0.2, -0.15) is 11.8 Å². The van der Waals surface area contributed by atoms with Crippen LogP contribution in [0.25, 0.3) is 0 Å². The lowest BCUT2D eigenvalue weighted by Gasteiger charge is -2.26. The van der Waals surface area contributed by atoms with Gasteiger partial charge in [0, 0.05) is 43.2 Å². The normalized spacial score (nSPS) is 17.1. The van der Waals surface area contributed by atoms with E-state index in [9.17, 15) is 0 Å². The van der Waals surface area contributed by atoms with Crippen molar-refractivity contribution in [3.8, 4) is 5.75 Å². The van der Waals surface area contributed by atoms with Crippen molar-refractivity contribution in [3.63, 3.8) is 0 Å². The first-order valence-electron chi connectivity index (χ1n) is 5.99. The van der Waals surface area contributed by atoms with E-state index in [0.717, 1.165) is 17.9 Å². The van der Waals surface area contributed by atoms with Crippen molar-refractivity contribution in [1.82, 2.24) is 4.90 Å². The molecule has 1 aromatic carbocycles. The third-order valence-electron chi connectivity index (χ3n) is 3.08. The van der Waals surface area contributed by atoms with Crippen LogP contribution in [0.3, 0.4) is 0 Å². The van der Waals surface area contributed by atoms with Gasteiger partial charge >= 0.3 is 0 Å². The van der Waals surface area contributed by atoms with Gasteiger partial charge in [-0.25, -0.2) is 0 Å². The van der Waals surface area contributed by atoms with E-state index in [1.165, 1.54) is 30.2 Å². The largest absolute Gasteiger partial charge is 0.496 e. The molecule has 1 aliphatic heterocycles. The average molecular weight is 252 g/mol. The lowest BCUT2D eigenvalue weighted by atomic mass is 10.1. The lowest BCUT2D eigenvalue weighted by molar-refractivity contribution is 0.294. The van der Waals surface area contributed by atoms with Crippen LogP contribution in [0.1, 0.15) is 11.1 Å². The Kier molecular flexibility index (Phi) is 4.71. The number of nitrogens with zero attached hydrogens (tertiary/aromatic N) is 1. The zero-order chi connectivity index (χ0) is 12.1. The summed E-state index contributed by atoms with van der Waals surface area (Å²) in [4.78, 5) is 2.49. The molecule has 1 aliphatic rings. The zero-order valence-corrected chi connectivity index (χ0v) is 11.1. The first-order valence-corrected chi connectivity index (χ1v) is 7.15. The van der Waals surface area contributed by atoms with Crippen LogP contribution in [0.15, 0.2) is 18.2 Å². The van der Waals surface area contributed by atoms with Crippen LogP contribution in [-0.2, 0) is 13.1 Å². The third kappa shape index (κ3) is 3.37. The van der Waals surface area contributed by atoms with Crippen molar-refractivity contribution in [2.75, 3.05) is 31.7 Å². The van der Waals surface area contributed by atoms with Crippen LogP contribution < -0.4 is 10.5 Å². The van der Waals surface area contributed by atoms with Gasteiger partial charge in [0.2, 0.25) is 0 Å². The molecule has 0 radical (unpaired) electrons. The van der Waals surface area contributed by atoms with Gasteiger partial charge in [-0.05, 0) is 11.6 Å². The maximum atomic E-state index is 5.67. The lowest BCUT2D eigenvalue weighted by Crippen LogP contribution is -2.31. The van der Waals surface area contributed by atoms with E-state index in [1.807, 2.05) is 11.8 Å². The Morgan fingerprint density at radius 3 is 2.76 bits per heavy atom. The standard InChI is InChI=1S/C13H20N2OS/c1-16-13-8-11(2-3-12(13)9-14)10-15-4-6-17-7-5-15/h2-3,8H,4-7,9-10,14H2,1H3. The van der Waals surface area contributed by atoms with Gasteiger partial charge in [0.1, 0.15) is 5.75 Å². The predicted octanol–water partition coefficient (Wildman–Crippen LogP) is 1.70. The van der Waals surface area contributed by atoms with Crippen molar-refractivity contribution < 1.29 is 4.74 Å². The predicted molar refractivity (Wildman–Crippen MR) is 73.5 cm³/mol. The number of thioether (sulfide) groups is 1. The van der Waals surface area contributed by atoms with E-state index in [-0.39, 0.29) is 0 Å². The summed E-state index contributed by atoms with van der Waals surface area (Å²) in [5.74, 6) is 3.41. The smallest absolute Gasteiger partial charge is 0.123 e. The highest BCUT2D eigenvalue weighted by Crippen LogP contribution is 2.21. The van der Waals surface area contributed by atoms with Crippen LogP contribution in [0.5, 0.6) is 5.75 Å². The average Bonchev–Trinajstić information content (AvgIpc) is 2.40. The first kappa shape index (κ1) is 12.7. The highest BCUT2D eigenvalue weighted by molar-refractivity contribution is 7.99. The molecule has 2 rings (SSSR count). The van der Waals surface area contributed by atoms with Crippen LogP contribution >= 0.6 is 11.8 Å². The molecular formula is C13H20N2OS. The molecule has 0 spiro atoms. The van der Waals surface area contributed by atoms with Crippen molar-refractivity contribution in [2.24, 2.45) is 5.73 Å². The van der Waals surface area contributed by atoms with Gasteiger partial charge in [0.25, 0.3) is 0 Å². The molecule has 1 heterocycles. The van der Waals surface area contributed by atoms with E-state index in [1.54, 1.807) is 7.11 Å². The maximum absolute atomic E-state index is 5.67. The SMILES string of the molecule is COc1cc(CN2CCSCC2)ccc1CN. The number of hydrogen-bond donors (Lipinski definition) is 1. The summed E-state index contributed by atoms with van der Waals surface area (Å²) in [5, 5.41) is 0. The minimum absolute atomic E-state index is 0.532. The van der Waals surface area contributed by atoms with Crippen molar-refractivity contribution in [1.29, 1.82) is 0 Å². The Hall–Kier alpha value is -0.710. The van der Waals surface area contributed by atoms with Crippen LogP contribution in [0, 0.1) is 0 Å². The molecule has 2 N–H and O–H groups in total. The molecule has 1 saturated heterocycles.